The van der Waals surface area contributed by atoms with Crippen LogP contribution in [0.2, 0.25) is 0 Å². The molecule has 1 fully saturated rings. The van der Waals surface area contributed by atoms with Gasteiger partial charge in [-0.05, 0) is 43.5 Å². The summed E-state index contributed by atoms with van der Waals surface area (Å²) >= 11 is 0. The maximum absolute atomic E-state index is 11.2. The van der Waals surface area contributed by atoms with E-state index in [9.17, 15) is 9.90 Å². The van der Waals surface area contributed by atoms with Crippen molar-refractivity contribution in [2.24, 2.45) is 0 Å². The van der Waals surface area contributed by atoms with Gasteiger partial charge in [0.1, 0.15) is 6.04 Å². The van der Waals surface area contributed by atoms with Gasteiger partial charge in [0.2, 0.25) is 0 Å². The third-order valence-electron chi connectivity index (χ3n) is 3.12. The monoisotopic (exact) mass is 230 g/mol. The lowest BCUT2D eigenvalue weighted by molar-refractivity contribution is -0.139. The van der Waals surface area contributed by atoms with Crippen molar-refractivity contribution in [3.63, 3.8) is 0 Å². The highest BCUT2D eigenvalue weighted by atomic mass is 16.4. The lowest BCUT2D eigenvalue weighted by Gasteiger charge is -2.34. The highest BCUT2D eigenvalue weighted by Gasteiger charge is 2.28. The van der Waals surface area contributed by atoms with Crippen LogP contribution in [-0.4, -0.2) is 23.7 Å². The fraction of sp³-hybridized carbons (Fsp3) is 0.385. The topological polar surface area (TPSA) is 64.3 Å². The Morgan fingerprint density at radius 2 is 2.06 bits per heavy atom. The van der Waals surface area contributed by atoms with Crippen LogP contribution in [-0.2, 0) is 4.79 Å². The molecule has 17 heavy (non-hydrogen) atoms. The van der Waals surface area contributed by atoms with Crippen LogP contribution in [0.4, 0.5) is 5.69 Å². The summed E-state index contributed by atoms with van der Waals surface area (Å²) in [6.07, 6.45) is 2.67. The molecule has 1 aliphatic rings. The van der Waals surface area contributed by atoms with E-state index in [4.69, 9.17) is 5.26 Å². The minimum atomic E-state index is -0.769. The molecule has 0 saturated carbocycles. The van der Waals surface area contributed by atoms with Gasteiger partial charge in [-0.3, -0.25) is 0 Å². The van der Waals surface area contributed by atoms with Crippen molar-refractivity contribution in [2.45, 2.75) is 25.3 Å². The maximum atomic E-state index is 11.2. The summed E-state index contributed by atoms with van der Waals surface area (Å²) in [6.45, 7) is 0.767. The van der Waals surface area contributed by atoms with E-state index in [1.54, 1.807) is 12.1 Å². The molecule has 1 aliphatic heterocycles. The SMILES string of the molecule is N#Cc1ccc(N2CCCCC2C(=O)O)cc1. The number of benzene rings is 1. The van der Waals surface area contributed by atoms with Crippen molar-refractivity contribution >= 4 is 11.7 Å². The summed E-state index contributed by atoms with van der Waals surface area (Å²) in [5, 5.41) is 17.9. The van der Waals surface area contributed by atoms with Crippen LogP contribution in [0, 0.1) is 11.3 Å². The summed E-state index contributed by atoms with van der Waals surface area (Å²) in [4.78, 5) is 13.1. The van der Waals surface area contributed by atoms with Gasteiger partial charge in [-0.2, -0.15) is 5.26 Å². The fourth-order valence-electron chi connectivity index (χ4n) is 2.22. The van der Waals surface area contributed by atoms with Crippen LogP contribution in [0.5, 0.6) is 0 Å². The second kappa shape index (κ2) is 4.88. The second-order valence-corrected chi connectivity index (χ2v) is 4.20. The smallest absolute Gasteiger partial charge is 0.326 e. The number of rotatable bonds is 2. The number of hydrogen-bond acceptors (Lipinski definition) is 3. The number of nitriles is 1. The zero-order valence-corrected chi connectivity index (χ0v) is 9.47. The quantitative estimate of drug-likeness (QED) is 0.844. The van der Waals surface area contributed by atoms with E-state index in [2.05, 4.69) is 6.07 Å². The summed E-state index contributed by atoms with van der Waals surface area (Å²) in [5.74, 6) is -0.769. The van der Waals surface area contributed by atoms with Crippen LogP contribution < -0.4 is 4.90 Å². The van der Waals surface area contributed by atoms with Crippen LogP contribution >= 0.6 is 0 Å². The standard InChI is InChI=1S/C13H14N2O2/c14-9-10-4-6-11(7-5-10)15-8-2-1-3-12(15)13(16)17/h4-7,12H,1-3,8H2,(H,16,17). The zero-order chi connectivity index (χ0) is 12.3. The van der Waals surface area contributed by atoms with Gasteiger partial charge in [0.15, 0.2) is 0 Å². The van der Waals surface area contributed by atoms with Gasteiger partial charge in [0.05, 0.1) is 11.6 Å². The van der Waals surface area contributed by atoms with Crippen molar-refractivity contribution < 1.29 is 9.90 Å². The lowest BCUT2D eigenvalue weighted by atomic mass is 10.0. The first-order valence-corrected chi connectivity index (χ1v) is 5.72. The molecule has 1 aromatic carbocycles. The Bertz CT molecular complexity index is 447. The Kier molecular flexibility index (Phi) is 3.29. The molecule has 1 aromatic rings. The van der Waals surface area contributed by atoms with Gasteiger partial charge in [-0.15, -0.1) is 0 Å². The first-order valence-electron chi connectivity index (χ1n) is 5.72. The number of carboxylic acids is 1. The van der Waals surface area contributed by atoms with E-state index in [1.165, 1.54) is 0 Å². The molecule has 1 atom stereocenters. The average Bonchev–Trinajstić information content (AvgIpc) is 2.39. The molecular formula is C13H14N2O2. The highest BCUT2D eigenvalue weighted by molar-refractivity contribution is 5.78. The number of aliphatic carboxylic acids is 1. The van der Waals surface area contributed by atoms with Gasteiger partial charge in [-0.25, -0.2) is 4.79 Å². The Morgan fingerprint density at radius 1 is 1.35 bits per heavy atom. The van der Waals surface area contributed by atoms with E-state index >= 15 is 0 Å². The molecular weight excluding hydrogens is 216 g/mol. The highest BCUT2D eigenvalue weighted by Crippen LogP contribution is 2.25. The van der Waals surface area contributed by atoms with Gasteiger partial charge in [0, 0.05) is 12.2 Å². The molecule has 0 bridgehead atoms. The summed E-state index contributed by atoms with van der Waals surface area (Å²) < 4.78 is 0. The van der Waals surface area contributed by atoms with E-state index in [0.29, 0.717) is 12.0 Å². The van der Waals surface area contributed by atoms with Crippen LogP contribution in [0.15, 0.2) is 24.3 Å². The Hall–Kier alpha value is -2.02. The Balaban J connectivity index is 2.24. The Labute approximate surface area is 100 Å². The molecule has 0 spiro atoms. The normalized spacial score (nSPS) is 19.7. The molecule has 0 aliphatic carbocycles. The van der Waals surface area contributed by atoms with Crippen molar-refractivity contribution in [1.82, 2.24) is 0 Å². The predicted molar refractivity (Wildman–Crippen MR) is 63.8 cm³/mol. The molecule has 88 valence electrons. The average molecular weight is 230 g/mol. The molecule has 0 radical (unpaired) electrons. The number of piperidine rings is 1. The molecule has 0 amide bonds. The molecule has 1 heterocycles. The van der Waals surface area contributed by atoms with Gasteiger partial charge < -0.3 is 10.0 Å². The summed E-state index contributed by atoms with van der Waals surface area (Å²) in [7, 11) is 0. The zero-order valence-electron chi connectivity index (χ0n) is 9.47. The number of nitrogens with zero attached hydrogens (tertiary/aromatic N) is 2. The number of carboxylic acid groups (broad SMARTS) is 1. The first-order chi connectivity index (χ1) is 8.22. The molecule has 2 rings (SSSR count). The van der Waals surface area contributed by atoms with Crippen LogP contribution in [0.1, 0.15) is 24.8 Å². The third kappa shape index (κ3) is 2.39. The van der Waals surface area contributed by atoms with Gasteiger partial charge in [0.25, 0.3) is 0 Å². The van der Waals surface area contributed by atoms with Crippen LogP contribution in [0.3, 0.4) is 0 Å². The number of anilines is 1. The van der Waals surface area contributed by atoms with Crippen LogP contribution in [0.25, 0.3) is 0 Å². The maximum Gasteiger partial charge on any atom is 0.326 e. The summed E-state index contributed by atoms with van der Waals surface area (Å²) in [5.41, 5.74) is 1.48. The minimum Gasteiger partial charge on any atom is -0.480 e. The third-order valence-corrected chi connectivity index (χ3v) is 3.12. The van der Waals surface area contributed by atoms with E-state index in [1.807, 2.05) is 17.0 Å². The minimum absolute atomic E-state index is 0.434. The first kappa shape index (κ1) is 11.5. The van der Waals surface area contributed by atoms with Gasteiger partial charge in [-0.1, -0.05) is 0 Å². The van der Waals surface area contributed by atoms with E-state index in [-0.39, 0.29) is 0 Å². The predicted octanol–water partition coefficient (Wildman–Crippen LogP) is 2.00. The molecule has 1 N–H and O–H groups in total. The van der Waals surface area contributed by atoms with Crippen molar-refractivity contribution in [1.29, 1.82) is 5.26 Å². The van der Waals surface area contributed by atoms with Gasteiger partial charge >= 0.3 is 5.97 Å². The molecule has 4 nitrogen and oxygen atoms in total. The second-order valence-electron chi connectivity index (χ2n) is 4.20. The molecule has 1 unspecified atom stereocenters. The number of carbonyl (C=O) groups is 1. The van der Waals surface area contributed by atoms with E-state index in [0.717, 1.165) is 25.1 Å². The molecule has 0 aromatic heterocycles. The van der Waals surface area contributed by atoms with Crippen molar-refractivity contribution in [2.75, 3.05) is 11.4 Å². The fourth-order valence-corrected chi connectivity index (χ4v) is 2.22. The van der Waals surface area contributed by atoms with E-state index < -0.39 is 12.0 Å². The number of hydrogen-bond donors (Lipinski definition) is 1. The van der Waals surface area contributed by atoms with Crippen molar-refractivity contribution in [3.8, 4) is 6.07 Å². The lowest BCUT2D eigenvalue weighted by Crippen LogP contribution is -2.44. The van der Waals surface area contributed by atoms with Crippen molar-refractivity contribution in [3.05, 3.63) is 29.8 Å². The summed E-state index contributed by atoms with van der Waals surface area (Å²) in [6, 6.07) is 8.71. The molecule has 4 heteroatoms. The largest absolute Gasteiger partial charge is 0.480 e. The molecule has 1 saturated heterocycles. The Morgan fingerprint density at radius 3 is 2.65 bits per heavy atom.